The summed E-state index contributed by atoms with van der Waals surface area (Å²) in [5, 5.41) is 2.45. The van der Waals surface area contributed by atoms with Crippen molar-refractivity contribution in [3.05, 3.63) is 77.0 Å². The highest BCUT2D eigenvalue weighted by Gasteiger charge is 2.28. The highest BCUT2D eigenvalue weighted by atomic mass is 16.6. The molecule has 0 aromatic heterocycles. The van der Waals surface area contributed by atoms with Crippen molar-refractivity contribution >= 4 is 18.0 Å². The number of fused-ring (bicyclic) bond motifs is 1. The summed E-state index contributed by atoms with van der Waals surface area (Å²) in [4.78, 5) is 26.7. The van der Waals surface area contributed by atoms with Gasteiger partial charge in [0.2, 0.25) is 11.5 Å². The van der Waals surface area contributed by atoms with Crippen molar-refractivity contribution in [2.24, 2.45) is 0 Å². The maximum atomic E-state index is 13.0. The van der Waals surface area contributed by atoms with Gasteiger partial charge in [-0.25, -0.2) is 4.79 Å². The third-order valence-corrected chi connectivity index (χ3v) is 7.34. The Bertz CT molecular complexity index is 1480. The molecular weight excluding hydrogens is 576 g/mol. The monoisotopic (exact) mass is 618 g/mol. The molecule has 0 unspecified atom stereocenters. The molecule has 10 heteroatoms. The van der Waals surface area contributed by atoms with E-state index in [2.05, 4.69) is 17.3 Å². The third kappa shape index (κ3) is 9.15. The number of hydrogen-bond donors (Lipinski definition) is 1. The van der Waals surface area contributed by atoms with Crippen LogP contribution in [-0.2, 0) is 6.54 Å². The van der Waals surface area contributed by atoms with E-state index in [-0.39, 0.29) is 11.5 Å². The molecule has 1 aliphatic heterocycles. The average molecular weight is 619 g/mol. The van der Waals surface area contributed by atoms with Crippen LogP contribution in [0.1, 0.15) is 53.6 Å². The zero-order valence-corrected chi connectivity index (χ0v) is 26.6. The Morgan fingerprint density at radius 1 is 0.889 bits per heavy atom. The van der Waals surface area contributed by atoms with Crippen LogP contribution in [0, 0.1) is 0 Å². The molecule has 10 nitrogen and oxygen atoms in total. The standard InChI is InChI=1S/C35H42N2O8/c1-36-35(39)44-27-13-11-12-24(18-27)23-37(2)16-9-7-6-8-10-17-43-26-14-15-28-29(22-26)45-30(33(28)38)19-25-20-31(40-3)34(42-5)32(21-25)41-4/h11-15,18-22H,6-10,16-17,23H2,1-5H3,(H,36,39)/b30-19-. The lowest BCUT2D eigenvalue weighted by Crippen LogP contribution is -2.22. The Hall–Kier alpha value is -4.70. The van der Waals surface area contributed by atoms with E-state index < -0.39 is 6.09 Å². The largest absolute Gasteiger partial charge is 0.493 e. The number of nitrogens with one attached hydrogen (secondary N) is 1. The molecule has 3 aromatic carbocycles. The van der Waals surface area contributed by atoms with Crippen molar-refractivity contribution in [1.82, 2.24) is 10.2 Å². The molecule has 0 spiro atoms. The fourth-order valence-electron chi connectivity index (χ4n) is 5.05. The topological polar surface area (TPSA) is 105 Å². The number of rotatable bonds is 16. The lowest BCUT2D eigenvalue weighted by molar-refractivity contribution is 0.101. The Morgan fingerprint density at radius 2 is 1.62 bits per heavy atom. The molecule has 1 heterocycles. The number of carbonyl (C=O) groups excluding carboxylic acids is 2. The van der Waals surface area contributed by atoms with Gasteiger partial charge in [0.25, 0.3) is 0 Å². The van der Waals surface area contributed by atoms with Gasteiger partial charge in [-0.05, 0) is 80.0 Å². The Morgan fingerprint density at radius 3 is 2.33 bits per heavy atom. The lowest BCUT2D eigenvalue weighted by atomic mass is 10.1. The number of unbranched alkanes of at least 4 members (excludes halogenated alkanes) is 4. The van der Waals surface area contributed by atoms with Crippen LogP contribution in [0.25, 0.3) is 6.08 Å². The number of amides is 1. The second kappa shape index (κ2) is 16.4. The van der Waals surface area contributed by atoms with Crippen molar-refractivity contribution in [3.8, 4) is 34.5 Å². The molecule has 45 heavy (non-hydrogen) atoms. The second-order valence-electron chi connectivity index (χ2n) is 10.7. The third-order valence-electron chi connectivity index (χ3n) is 7.34. The molecule has 1 amide bonds. The zero-order valence-electron chi connectivity index (χ0n) is 26.6. The van der Waals surface area contributed by atoms with Gasteiger partial charge in [-0.2, -0.15) is 0 Å². The second-order valence-corrected chi connectivity index (χ2v) is 10.7. The van der Waals surface area contributed by atoms with Crippen LogP contribution < -0.4 is 33.7 Å². The predicted octanol–water partition coefficient (Wildman–Crippen LogP) is 6.51. The van der Waals surface area contributed by atoms with E-state index in [1.165, 1.54) is 14.2 Å². The molecule has 1 aliphatic rings. The smallest absolute Gasteiger partial charge is 0.412 e. The van der Waals surface area contributed by atoms with E-state index in [4.69, 9.17) is 28.4 Å². The van der Waals surface area contributed by atoms with Gasteiger partial charge in [-0.3, -0.25) is 4.79 Å². The molecule has 0 aliphatic carbocycles. The summed E-state index contributed by atoms with van der Waals surface area (Å²) in [5.74, 6) is 3.16. The molecule has 4 rings (SSSR count). The summed E-state index contributed by atoms with van der Waals surface area (Å²) >= 11 is 0. The van der Waals surface area contributed by atoms with E-state index in [0.717, 1.165) is 50.8 Å². The fourth-order valence-corrected chi connectivity index (χ4v) is 5.05. The quantitative estimate of drug-likeness (QED) is 0.142. The molecular formula is C35H42N2O8. The first kappa shape index (κ1) is 33.2. The Kier molecular flexibility index (Phi) is 12.1. The van der Waals surface area contributed by atoms with Gasteiger partial charge in [-0.1, -0.05) is 31.4 Å². The summed E-state index contributed by atoms with van der Waals surface area (Å²) < 4.78 is 33.3. The summed E-state index contributed by atoms with van der Waals surface area (Å²) in [7, 11) is 8.26. The molecule has 0 saturated carbocycles. The molecule has 0 fully saturated rings. The van der Waals surface area contributed by atoms with Gasteiger partial charge in [0.15, 0.2) is 17.3 Å². The first-order valence-corrected chi connectivity index (χ1v) is 15.0. The summed E-state index contributed by atoms with van der Waals surface area (Å²) in [6, 6.07) is 16.4. The highest BCUT2D eigenvalue weighted by molar-refractivity contribution is 6.14. The molecule has 0 radical (unpaired) electrons. The maximum Gasteiger partial charge on any atom is 0.412 e. The number of hydrogen-bond acceptors (Lipinski definition) is 9. The van der Waals surface area contributed by atoms with Gasteiger partial charge in [0.1, 0.15) is 17.2 Å². The van der Waals surface area contributed by atoms with Crippen molar-refractivity contribution < 1.29 is 38.0 Å². The fraction of sp³-hybridized carbons (Fsp3) is 0.371. The first-order valence-electron chi connectivity index (χ1n) is 15.0. The number of ether oxygens (including phenoxy) is 6. The molecule has 1 N–H and O–H groups in total. The van der Waals surface area contributed by atoms with E-state index in [0.29, 0.717) is 52.2 Å². The van der Waals surface area contributed by atoms with Crippen molar-refractivity contribution in [2.75, 3.05) is 48.6 Å². The number of methoxy groups -OCH3 is 3. The summed E-state index contributed by atoms with van der Waals surface area (Å²) in [6.07, 6.45) is 6.58. The van der Waals surface area contributed by atoms with Gasteiger partial charge in [-0.15, -0.1) is 0 Å². The SMILES string of the molecule is CNC(=O)Oc1cccc(CN(C)CCCCCCCOc2ccc3c(c2)O/C(=C\c2cc(OC)c(OC)c(OC)c2)C3=O)c1. The van der Waals surface area contributed by atoms with Crippen LogP contribution in [0.15, 0.2) is 60.4 Å². The number of Topliss-reactive ketones (excluding diaryl/α,β-unsaturated/α-hetero) is 1. The molecule has 240 valence electrons. The highest BCUT2D eigenvalue weighted by Crippen LogP contribution is 2.40. The first-order chi connectivity index (χ1) is 21.8. The molecule has 0 bridgehead atoms. The number of benzene rings is 3. The maximum absolute atomic E-state index is 13.0. The van der Waals surface area contributed by atoms with Crippen LogP contribution in [0.4, 0.5) is 4.79 Å². The molecule has 0 saturated heterocycles. The number of allylic oxidation sites excluding steroid dienone is 1. The number of ketones is 1. The van der Waals surface area contributed by atoms with Crippen molar-refractivity contribution in [3.63, 3.8) is 0 Å². The van der Waals surface area contributed by atoms with Crippen LogP contribution in [0.2, 0.25) is 0 Å². The molecule has 3 aromatic rings. The van der Waals surface area contributed by atoms with Crippen molar-refractivity contribution in [1.29, 1.82) is 0 Å². The normalized spacial score (nSPS) is 12.9. The van der Waals surface area contributed by atoms with Crippen LogP contribution in [0.5, 0.6) is 34.5 Å². The van der Waals surface area contributed by atoms with Crippen LogP contribution in [0.3, 0.4) is 0 Å². The number of nitrogens with zero attached hydrogens (tertiary/aromatic N) is 1. The predicted molar refractivity (Wildman–Crippen MR) is 172 cm³/mol. The minimum absolute atomic E-state index is 0.195. The Labute approximate surface area is 264 Å². The molecule has 0 atom stereocenters. The van der Waals surface area contributed by atoms with Gasteiger partial charge in [0.05, 0.1) is 33.5 Å². The summed E-state index contributed by atoms with van der Waals surface area (Å²) in [5.41, 5.74) is 2.28. The van der Waals surface area contributed by atoms with Gasteiger partial charge in [0, 0.05) is 19.7 Å². The lowest BCUT2D eigenvalue weighted by Gasteiger charge is -2.17. The van der Waals surface area contributed by atoms with E-state index in [1.54, 1.807) is 56.7 Å². The van der Waals surface area contributed by atoms with E-state index >= 15 is 0 Å². The minimum atomic E-state index is -0.472. The van der Waals surface area contributed by atoms with Crippen LogP contribution in [-0.4, -0.2) is 65.4 Å². The van der Waals surface area contributed by atoms with Crippen LogP contribution >= 0.6 is 0 Å². The average Bonchev–Trinajstić information content (AvgIpc) is 3.35. The van der Waals surface area contributed by atoms with Crippen molar-refractivity contribution in [2.45, 2.75) is 38.6 Å². The number of carbonyl (C=O) groups is 2. The van der Waals surface area contributed by atoms with Gasteiger partial charge >= 0.3 is 6.09 Å². The van der Waals surface area contributed by atoms with Gasteiger partial charge < -0.3 is 38.6 Å². The minimum Gasteiger partial charge on any atom is -0.493 e. The zero-order chi connectivity index (χ0) is 32.2. The Balaban J connectivity index is 1.17. The van der Waals surface area contributed by atoms with E-state index in [1.807, 2.05) is 18.2 Å². The summed E-state index contributed by atoms with van der Waals surface area (Å²) in [6.45, 7) is 2.37. The van der Waals surface area contributed by atoms with E-state index in [9.17, 15) is 9.59 Å².